The first-order valence-electron chi connectivity index (χ1n) is 9.58. The van der Waals surface area contributed by atoms with Crippen LogP contribution in [-0.4, -0.2) is 49.6 Å². The van der Waals surface area contributed by atoms with Crippen LogP contribution in [0.4, 0.5) is 5.13 Å². The Balaban J connectivity index is 0.00000261. The van der Waals surface area contributed by atoms with Gasteiger partial charge in [0.05, 0.1) is 11.3 Å². The average Bonchev–Trinajstić information content (AvgIpc) is 3.07. The maximum Gasteiger partial charge on any atom is 0.231 e. The molecule has 0 radical (unpaired) electrons. The molecule has 1 aromatic carbocycles. The van der Waals surface area contributed by atoms with Crippen molar-refractivity contribution in [3.8, 4) is 5.75 Å². The van der Waals surface area contributed by atoms with E-state index >= 15 is 0 Å². The topological polar surface area (TPSA) is 45.7 Å². The number of halogens is 1. The third-order valence-corrected chi connectivity index (χ3v) is 5.94. The Kier molecular flexibility index (Phi) is 8.32. The Hall–Kier alpha value is -1.37. The molecule has 5 nitrogen and oxygen atoms in total. The van der Waals surface area contributed by atoms with E-state index in [9.17, 15) is 4.79 Å². The van der Waals surface area contributed by atoms with Gasteiger partial charge in [-0.05, 0) is 46.0 Å². The molecule has 3 rings (SSSR count). The maximum absolute atomic E-state index is 13.2. The molecule has 0 bridgehead atoms. The minimum absolute atomic E-state index is 0. The Labute approximate surface area is 172 Å². The van der Waals surface area contributed by atoms with Crippen LogP contribution >= 0.6 is 23.7 Å². The van der Waals surface area contributed by atoms with Gasteiger partial charge in [0, 0.05) is 19.0 Å². The van der Waals surface area contributed by atoms with Gasteiger partial charge in [-0.15, -0.1) is 12.4 Å². The first-order chi connectivity index (χ1) is 12.6. The fraction of sp³-hybridized carbons (Fsp3) is 0.600. The molecule has 1 aliphatic rings. The lowest BCUT2D eigenvalue weighted by atomic mass is 9.88. The van der Waals surface area contributed by atoms with Crippen LogP contribution in [0.5, 0.6) is 5.75 Å². The molecule has 27 heavy (non-hydrogen) atoms. The largest absolute Gasteiger partial charge is 0.492 e. The summed E-state index contributed by atoms with van der Waals surface area (Å²) in [6, 6.07) is 5.99. The first-order valence-corrected chi connectivity index (χ1v) is 10.4. The molecule has 1 aromatic heterocycles. The average molecular weight is 412 g/mol. The smallest absolute Gasteiger partial charge is 0.231 e. The van der Waals surface area contributed by atoms with Crippen LogP contribution in [0.25, 0.3) is 10.2 Å². The Morgan fingerprint density at radius 3 is 2.63 bits per heavy atom. The molecule has 1 heterocycles. The minimum atomic E-state index is 0. The SMILES string of the molecule is CCOc1cccc2sc(N(CCN(C)C)C(=O)C3CCCCC3)nc12.Cl. The molecule has 2 aromatic rings. The number of carbonyl (C=O) groups excluding carboxylic acids is 1. The molecular formula is C20H30ClN3O2S. The Morgan fingerprint density at radius 2 is 1.96 bits per heavy atom. The summed E-state index contributed by atoms with van der Waals surface area (Å²) < 4.78 is 6.79. The van der Waals surface area contributed by atoms with Gasteiger partial charge in [-0.1, -0.05) is 36.7 Å². The number of para-hydroxylation sites is 1. The van der Waals surface area contributed by atoms with Crippen molar-refractivity contribution in [3.05, 3.63) is 18.2 Å². The monoisotopic (exact) mass is 411 g/mol. The van der Waals surface area contributed by atoms with E-state index < -0.39 is 0 Å². The third kappa shape index (κ3) is 5.33. The predicted octanol–water partition coefficient (Wildman–Crippen LogP) is 4.59. The van der Waals surface area contributed by atoms with Crippen LogP contribution < -0.4 is 9.64 Å². The number of hydrogen-bond donors (Lipinski definition) is 0. The number of thiazole rings is 1. The number of likely N-dealkylation sites (N-methyl/N-ethyl adjacent to an activating group) is 1. The molecule has 0 saturated heterocycles. The van der Waals surface area contributed by atoms with Gasteiger partial charge in [0.1, 0.15) is 11.3 Å². The number of nitrogens with zero attached hydrogens (tertiary/aromatic N) is 3. The van der Waals surface area contributed by atoms with Gasteiger partial charge in [0.2, 0.25) is 5.91 Å². The standard InChI is InChI=1S/C20H29N3O2S.ClH/c1-4-25-16-11-8-12-17-18(16)21-20(26-17)23(14-13-22(2)3)19(24)15-9-6-5-7-10-15;/h8,11-12,15H,4-7,9-10,13-14H2,1-3H3;1H. The van der Waals surface area contributed by atoms with Gasteiger partial charge in [0.15, 0.2) is 5.13 Å². The number of fused-ring (bicyclic) bond motifs is 1. The van der Waals surface area contributed by atoms with E-state index in [0.717, 1.165) is 53.3 Å². The summed E-state index contributed by atoms with van der Waals surface area (Å²) in [6.07, 6.45) is 5.58. The van der Waals surface area contributed by atoms with Gasteiger partial charge < -0.3 is 9.64 Å². The zero-order valence-electron chi connectivity index (χ0n) is 16.4. The molecule has 0 N–H and O–H groups in total. The lowest BCUT2D eigenvalue weighted by molar-refractivity contribution is -0.123. The van der Waals surface area contributed by atoms with Gasteiger partial charge in [-0.2, -0.15) is 0 Å². The van der Waals surface area contributed by atoms with Crippen LogP contribution in [0.15, 0.2) is 18.2 Å². The lowest BCUT2D eigenvalue weighted by Crippen LogP contribution is -2.41. The molecule has 150 valence electrons. The third-order valence-electron chi connectivity index (χ3n) is 4.89. The van der Waals surface area contributed by atoms with Crippen LogP contribution in [0.1, 0.15) is 39.0 Å². The number of rotatable bonds is 7. The maximum atomic E-state index is 13.2. The Morgan fingerprint density at radius 1 is 1.22 bits per heavy atom. The van der Waals surface area contributed by atoms with Gasteiger partial charge >= 0.3 is 0 Å². The number of ether oxygens (including phenoxy) is 1. The van der Waals surface area contributed by atoms with Gasteiger partial charge in [-0.3, -0.25) is 9.69 Å². The number of anilines is 1. The number of benzene rings is 1. The number of hydrogen-bond acceptors (Lipinski definition) is 5. The van der Waals surface area contributed by atoms with Crippen molar-refractivity contribution in [2.45, 2.75) is 39.0 Å². The lowest BCUT2D eigenvalue weighted by Gasteiger charge is -2.28. The molecule has 1 aliphatic carbocycles. The normalized spacial score (nSPS) is 15.0. The van der Waals surface area contributed by atoms with Crippen molar-refractivity contribution >= 4 is 45.0 Å². The number of amides is 1. The summed E-state index contributed by atoms with van der Waals surface area (Å²) >= 11 is 1.58. The van der Waals surface area contributed by atoms with Crippen LogP contribution in [-0.2, 0) is 4.79 Å². The number of carbonyl (C=O) groups is 1. The number of aromatic nitrogens is 1. The van der Waals surface area contributed by atoms with Crippen LogP contribution in [0.3, 0.4) is 0 Å². The van der Waals surface area contributed by atoms with Crippen molar-refractivity contribution in [2.75, 3.05) is 38.7 Å². The summed E-state index contributed by atoms with van der Waals surface area (Å²) in [5.41, 5.74) is 0.862. The molecule has 1 fully saturated rings. The molecule has 1 amide bonds. The fourth-order valence-electron chi connectivity index (χ4n) is 3.47. The molecule has 0 spiro atoms. The predicted molar refractivity (Wildman–Crippen MR) is 116 cm³/mol. The summed E-state index contributed by atoms with van der Waals surface area (Å²) in [5, 5.41) is 0.796. The summed E-state index contributed by atoms with van der Waals surface area (Å²) in [6.45, 7) is 4.08. The second-order valence-corrected chi connectivity index (χ2v) is 8.17. The highest BCUT2D eigenvalue weighted by Crippen LogP contribution is 2.36. The minimum Gasteiger partial charge on any atom is -0.492 e. The van der Waals surface area contributed by atoms with Crippen molar-refractivity contribution < 1.29 is 9.53 Å². The van der Waals surface area contributed by atoms with E-state index in [0.29, 0.717) is 13.2 Å². The Bertz CT molecular complexity index is 744. The van der Waals surface area contributed by atoms with E-state index in [1.54, 1.807) is 11.3 Å². The summed E-state index contributed by atoms with van der Waals surface area (Å²) in [7, 11) is 4.07. The first kappa shape index (κ1) is 21.9. The zero-order valence-corrected chi connectivity index (χ0v) is 18.1. The molecule has 1 saturated carbocycles. The van der Waals surface area contributed by atoms with E-state index in [2.05, 4.69) is 4.90 Å². The molecular weight excluding hydrogens is 382 g/mol. The summed E-state index contributed by atoms with van der Waals surface area (Å²) in [4.78, 5) is 22.1. The van der Waals surface area contributed by atoms with E-state index in [-0.39, 0.29) is 24.2 Å². The van der Waals surface area contributed by atoms with Crippen molar-refractivity contribution in [2.24, 2.45) is 5.92 Å². The highest BCUT2D eigenvalue weighted by Gasteiger charge is 2.29. The summed E-state index contributed by atoms with van der Waals surface area (Å²) in [5.74, 6) is 1.18. The van der Waals surface area contributed by atoms with Crippen molar-refractivity contribution in [1.82, 2.24) is 9.88 Å². The van der Waals surface area contributed by atoms with Gasteiger partial charge in [0.25, 0.3) is 0 Å². The highest BCUT2D eigenvalue weighted by atomic mass is 35.5. The van der Waals surface area contributed by atoms with Crippen molar-refractivity contribution in [3.63, 3.8) is 0 Å². The van der Waals surface area contributed by atoms with Crippen LogP contribution in [0.2, 0.25) is 0 Å². The van der Waals surface area contributed by atoms with Crippen LogP contribution in [0, 0.1) is 5.92 Å². The second-order valence-electron chi connectivity index (χ2n) is 7.16. The van der Waals surface area contributed by atoms with Gasteiger partial charge in [-0.25, -0.2) is 4.98 Å². The molecule has 0 unspecified atom stereocenters. The molecule has 7 heteroatoms. The fourth-order valence-corrected chi connectivity index (χ4v) is 4.48. The highest BCUT2D eigenvalue weighted by molar-refractivity contribution is 7.22. The second kappa shape index (κ2) is 10.2. The molecule has 0 aliphatic heterocycles. The van der Waals surface area contributed by atoms with E-state index in [4.69, 9.17) is 9.72 Å². The zero-order chi connectivity index (χ0) is 18.5. The quantitative estimate of drug-likeness (QED) is 0.668. The van der Waals surface area contributed by atoms with Crippen molar-refractivity contribution in [1.29, 1.82) is 0 Å². The van der Waals surface area contributed by atoms with E-state index in [1.807, 2.05) is 44.1 Å². The molecule has 0 atom stereocenters. The van der Waals surface area contributed by atoms with E-state index in [1.165, 1.54) is 6.42 Å².